The first-order valence-corrected chi connectivity index (χ1v) is 13.1. The molecule has 0 aliphatic rings. The molecule has 0 unspecified atom stereocenters. The highest BCUT2D eigenvalue weighted by atomic mass is 79.9. The molecule has 5 aromatic rings. The van der Waals surface area contributed by atoms with Crippen molar-refractivity contribution in [2.75, 3.05) is 0 Å². The van der Waals surface area contributed by atoms with Gasteiger partial charge in [-0.1, -0.05) is 89.9 Å². The third-order valence-corrected chi connectivity index (χ3v) is 7.38. The Kier molecular flexibility index (Phi) is 7.01. The maximum atomic E-state index is 14.0. The minimum Gasteiger partial charge on any atom is -0.361 e. The van der Waals surface area contributed by atoms with E-state index in [4.69, 9.17) is 0 Å². The molecule has 0 saturated carbocycles. The van der Waals surface area contributed by atoms with Gasteiger partial charge < -0.3 is 9.55 Å². The summed E-state index contributed by atoms with van der Waals surface area (Å²) in [7, 11) is 0. The minimum absolute atomic E-state index is 0.0771. The lowest BCUT2D eigenvalue weighted by atomic mass is 9.94. The van der Waals surface area contributed by atoms with Gasteiger partial charge in [-0.3, -0.25) is 4.79 Å². The number of nitrogens with zero attached hydrogens (tertiary/aromatic N) is 1. The van der Waals surface area contributed by atoms with E-state index in [0.29, 0.717) is 5.56 Å². The first-order valence-electron chi connectivity index (χ1n) is 12.3. The van der Waals surface area contributed by atoms with Crippen molar-refractivity contribution in [3.8, 4) is 11.1 Å². The number of hydrogen-bond donors (Lipinski definition) is 1. The number of rotatable bonds is 9. The van der Waals surface area contributed by atoms with Crippen LogP contribution in [0.3, 0.4) is 0 Å². The molecular weight excluding hydrogens is 496 g/mol. The molecule has 0 atom stereocenters. The van der Waals surface area contributed by atoms with E-state index in [1.165, 1.54) is 10.9 Å². The molecular formula is C31H29BrN2O. The Balaban J connectivity index is 1.61. The molecule has 0 bridgehead atoms. The Morgan fingerprint density at radius 2 is 1.66 bits per heavy atom. The minimum atomic E-state index is 0.0771. The number of halogens is 1. The molecule has 0 aliphatic heterocycles. The number of nitrogens with one attached hydrogen (secondary N) is 1. The average Bonchev–Trinajstić information content (AvgIpc) is 3.48. The van der Waals surface area contributed by atoms with Gasteiger partial charge in [0.25, 0.3) is 0 Å². The number of aromatic amines is 1. The number of para-hydroxylation sites is 1. The van der Waals surface area contributed by atoms with Crippen LogP contribution in [0.1, 0.15) is 46.9 Å². The first-order chi connectivity index (χ1) is 17.2. The van der Waals surface area contributed by atoms with E-state index in [9.17, 15) is 4.79 Å². The number of H-pyrrole nitrogens is 1. The van der Waals surface area contributed by atoms with Gasteiger partial charge in [0.05, 0.1) is 5.56 Å². The van der Waals surface area contributed by atoms with Crippen LogP contribution in [0.2, 0.25) is 0 Å². The van der Waals surface area contributed by atoms with Crippen LogP contribution in [0.15, 0.2) is 95.7 Å². The molecule has 0 spiro atoms. The molecule has 1 N–H and O–H groups in total. The van der Waals surface area contributed by atoms with E-state index < -0.39 is 0 Å². The molecule has 0 amide bonds. The third kappa shape index (κ3) is 4.76. The fourth-order valence-corrected chi connectivity index (χ4v) is 5.32. The van der Waals surface area contributed by atoms with Crippen LogP contribution in [0.4, 0.5) is 0 Å². The van der Waals surface area contributed by atoms with Gasteiger partial charge in [-0.05, 0) is 48.6 Å². The van der Waals surface area contributed by atoms with Crippen LogP contribution in [-0.4, -0.2) is 15.3 Å². The van der Waals surface area contributed by atoms with Gasteiger partial charge in [0.2, 0.25) is 0 Å². The van der Waals surface area contributed by atoms with Crippen LogP contribution >= 0.6 is 15.9 Å². The predicted molar refractivity (Wildman–Crippen MR) is 148 cm³/mol. The second-order valence-corrected chi connectivity index (χ2v) is 9.80. The Morgan fingerprint density at radius 3 is 2.46 bits per heavy atom. The summed E-state index contributed by atoms with van der Waals surface area (Å²) in [5.74, 6) is 0.0771. The van der Waals surface area contributed by atoms with Gasteiger partial charge in [-0.15, -0.1) is 0 Å². The highest BCUT2D eigenvalue weighted by Crippen LogP contribution is 2.33. The number of aryl methyl sites for hydroxylation is 2. The van der Waals surface area contributed by atoms with E-state index in [2.05, 4.69) is 81.2 Å². The second-order valence-electron chi connectivity index (χ2n) is 8.95. The SMILES string of the molecule is CCCCc1c(C(=O)c2ccccc2Br)c(-c2ccccc2)cn1CCc1c[nH]c2ccccc12. The maximum Gasteiger partial charge on any atom is 0.196 e. The highest BCUT2D eigenvalue weighted by Gasteiger charge is 2.25. The molecule has 0 fully saturated rings. The molecule has 4 heteroatoms. The van der Waals surface area contributed by atoms with E-state index in [0.717, 1.165) is 64.6 Å². The molecule has 2 aromatic heterocycles. The Labute approximate surface area is 214 Å². The van der Waals surface area contributed by atoms with Crippen molar-refractivity contribution in [1.29, 1.82) is 0 Å². The lowest BCUT2D eigenvalue weighted by Gasteiger charge is -2.12. The number of hydrogen-bond acceptors (Lipinski definition) is 1. The van der Waals surface area contributed by atoms with E-state index in [1.54, 1.807) is 0 Å². The number of fused-ring (bicyclic) bond motifs is 1. The highest BCUT2D eigenvalue weighted by molar-refractivity contribution is 9.10. The fraction of sp³-hybridized carbons (Fsp3) is 0.194. The average molecular weight is 525 g/mol. The number of aromatic nitrogens is 2. The van der Waals surface area contributed by atoms with Gasteiger partial charge in [-0.2, -0.15) is 0 Å². The zero-order chi connectivity index (χ0) is 24.2. The standard InChI is InChI=1S/C31H29BrN2O/c1-2-3-17-29-30(31(35)25-14-7-9-15-27(25)32)26(22-11-5-4-6-12-22)21-34(29)19-18-23-20-33-28-16-10-8-13-24(23)28/h4-16,20-21,33H,2-3,17-19H2,1H3. The normalized spacial score (nSPS) is 11.3. The Morgan fingerprint density at radius 1 is 0.914 bits per heavy atom. The quantitative estimate of drug-likeness (QED) is 0.194. The van der Waals surface area contributed by atoms with Crippen molar-refractivity contribution >= 4 is 32.6 Å². The number of carbonyl (C=O) groups is 1. The number of carbonyl (C=O) groups excluding carboxylic acids is 1. The monoisotopic (exact) mass is 524 g/mol. The van der Waals surface area contributed by atoms with Crippen LogP contribution in [0, 0.1) is 0 Å². The molecule has 2 heterocycles. The fourth-order valence-electron chi connectivity index (χ4n) is 4.86. The summed E-state index contributed by atoms with van der Waals surface area (Å²) >= 11 is 3.61. The van der Waals surface area contributed by atoms with Crippen molar-refractivity contribution in [1.82, 2.24) is 9.55 Å². The van der Waals surface area contributed by atoms with Gasteiger partial charge >= 0.3 is 0 Å². The molecule has 0 radical (unpaired) electrons. The van der Waals surface area contributed by atoms with E-state index >= 15 is 0 Å². The second kappa shape index (κ2) is 10.5. The zero-order valence-corrected chi connectivity index (χ0v) is 21.5. The summed E-state index contributed by atoms with van der Waals surface area (Å²) in [6.07, 6.45) is 8.21. The third-order valence-electron chi connectivity index (χ3n) is 6.68. The van der Waals surface area contributed by atoms with Gasteiger partial charge in [-0.25, -0.2) is 0 Å². The van der Waals surface area contributed by atoms with Crippen molar-refractivity contribution in [2.24, 2.45) is 0 Å². The first kappa shape index (κ1) is 23.4. The molecule has 5 rings (SSSR count). The van der Waals surface area contributed by atoms with Crippen molar-refractivity contribution in [3.63, 3.8) is 0 Å². The van der Waals surface area contributed by atoms with Gasteiger partial charge in [0.15, 0.2) is 5.78 Å². The van der Waals surface area contributed by atoms with E-state index in [1.807, 2.05) is 42.5 Å². The number of unbranched alkanes of at least 4 members (excludes halogenated alkanes) is 1. The lowest BCUT2D eigenvalue weighted by molar-refractivity contribution is 0.103. The molecule has 3 nitrogen and oxygen atoms in total. The molecule has 3 aromatic carbocycles. The largest absolute Gasteiger partial charge is 0.361 e. The van der Waals surface area contributed by atoms with Crippen molar-refractivity contribution in [3.05, 3.63) is 118 Å². The maximum absolute atomic E-state index is 14.0. The summed E-state index contributed by atoms with van der Waals surface area (Å²) in [6.45, 7) is 3.02. The van der Waals surface area contributed by atoms with Crippen molar-refractivity contribution < 1.29 is 4.79 Å². The van der Waals surface area contributed by atoms with Gasteiger partial charge in [0.1, 0.15) is 0 Å². The Bertz CT molecular complexity index is 1460. The summed E-state index contributed by atoms with van der Waals surface area (Å²) in [5.41, 5.74) is 7.22. The molecule has 0 saturated heterocycles. The van der Waals surface area contributed by atoms with Crippen LogP contribution in [-0.2, 0) is 19.4 Å². The summed E-state index contributed by atoms with van der Waals surface area (Å²) in [5, 5.41) is 1.27. The molecule has 35 heavy (non-hydrogen) atoms. The van der Waals surface area contributed by atoms with Crippen LogP contribution in [0.5, 0.6) is 0 Å². The van der Waals surface area contributed by atoms with E-state index in [-0.39, 0.29) is 5.78 Å². The van der Waals surface area contributed by atoms with Crippen molar-refractivity contribution in [2.45, 2.75) is 39.2 Å². The predicted octanol–water partition coefficient (Wildman–Crippen LogP) is 8.22. The number of ketones is 1. The lowest BCUT2D eigenvalue weighted by Crippen LogP contribution is -2.10. The molecule has 176 valence electrons. The molecule has 0 aliphatic carbocycles. The summed E-state index contributed by atoms with van der Waals surface area (Å²) in [6, 6.07) is 26.5. The van der Waals surface area contributed by atoms with Gasteiger partial charge in [0, 0.05) is 51.1 Å². The van der Waals surface area contributed by atoms with Crippen LogP contribution in [0.25, 0.3) is 22.0 Å². The smallest absolute Gasteiger partial charge is 0.196 e. The summed E-state index contributed by atoms with van der Waals surface area (Å²) in [4.78, 5) is 17.4. The Hall–Kier alpha value is -3.37. The summed E-state index contributed by atoms with van der Waals surface area (Å²) < 4.78 is 3.15. The van der Waals surface area contributed by atoms with Crippen LogP contribution < -0.4 is 0 Å². The zero-order valence-electron chi connectivity index (χ0n) is 19.9. The number of benzene rings is 3. The topological polar surface area (TPSA) is 37.8 Å².